The molecule has 0 unspecified atom stereocenters. The molecule has 0 aliphatic heterocycles. The van der Waals surface area contributed by atoms with E-state index in [2.05, 4.69) is 26.5 Å². The molecule has 2 N–H and O–H groups in total. The van der Waals surface area contributed by atoms with E-state index >= 15 is 0 Å². The van der Waals surface area contributed by atoms with Gasteiger partial charge in [0.15, 0.2) is 11.5 Å². The van der Waals surface area contributed by atoms with Crippen molar-refractivity contribution < 1.29 is 19.4 Å². The summed E-state index contributed by atoms with van der Waals surface area (Å²) < 4.78 is 10.7. The number of hydrogen-bond acceptors (Lipinski definition) is 6. The van der Waals surface area contributed by atoms with E-state index < -0.39 is 0 Å². The van der Waals surface area contributed by atoms with Crippen LogP contribution in [0.15, 0.2) is 46.0 Å². The lowest BCUT2D eigenvalue weighted by Crippen LogP contribution is -2.19. The number of carbonyl (C=O) groups excluding carboxylic acids is 1. The highest BCUT2D eigenvalue weighted by Crippen LogP contribution is 2.34. The number of phenolic OH excluding ortho intramolecular Hbond substituents is 1. The number of carbonyl (C=O) groups is 1. The first kappa shape index (κ1) is 20.1. The maximum Gasteiger partial charge on any atom is 0.250 e. The molecule has 0 aromatic heterocycles. The van der Waals surface area contributed by atoms with Crippen LogP contribution >= 0.6 is 27.7 Å². The second-order valence-electron chi connectivity index (χ2n) is 5.19. The Hall–Kier alpha value is -2.19. The zero-order valence-corrected chi connectivity index (χ0v) is 16.8. The van der Waals surface area contributed by atoms with Crippen molar-refractivity contribution in [3.05, 3.63) is 52.0 Å². The van der Waals surface area contributed by atoms with Gasteiger partial charge in [-0.2, -0.15) is 5.10 Å². The molecular weight excluding hydrogens is 420 g/mol. The van der Waals surface area contributed by atoms with Gasteiger partial charge in [-0.3, -0.25) is 4.79 Å². The van der Waals surface area contributed by atoms with Crippen molar-refractivity contribution in [1.82, 2.24) is 5.43 Å². The molecule has 2 aromatic carbocycles. The second-order valence-corrected chi connectivity index (χ2v) is 7.03. The van der Waals surface area contributed by atoms with E-state index in [-0.39, 0.29) is 11.7 Å². The van der Waals surface area contributed by atoms with Crippen LogP contribution in [-0.2, 0) is 10.5 Å². The van der Waals surface area contributed by atoms with Gasteiger partial charge < -0.3 is 14.6 Å². The number of phenols is 1. The number of thioether (sulfide) groups is 1. The summed E-state index contributed by atoms with van der Waals surface area (Å²) in [4.78, 5) is 11.8. The number of nitrogens with one attached hydrogen (secondary N) is 1. The van der Waals surface area contributed by atoms with E-state index in [1.807, 2.05) is 24.3 Å². The van der Waals surface area contributed by atoms with E-state index in [1.165, 1.54) is 25.1 Å². The topological polar surface area (TPSA) is 80.2 Å². The van der Waals surface area contributed by atoms with Crippen LogP contribution in [0.4, 0.5) is 0 Å². The van der Waals surface area contributed by atoms with Crippen LogP contribution in [0.5, 0.6) is 17.2 Å². The summed E-state index contributed by atoms with van der Waals surface area (Å²) >= 11 is 4.73. The summed E-state index contributed by atoms with van der Waals surface area (Å²) in [5.41, 5.74) is 4.28. The molecule has 26 heavy (non-hydrogen) atoms. The summed E-state index contributed by atoms with van der Waals surface area (Å²) in [5.74, 6) is 1.98. The lowest BCUT2D eigenvalue weighted by Gasteiger charge is -2.06. The number of halogens is 1. The molecule has 0 spiro atoms. The zero-order valence-electron chi connectivity index (χ0n) is 14.4. The fourth-order valence-electron chi connectivity index (χ4n) is 2.02. The van der Waals surface area contributed by atoms with Gasteiger partial charge in [-0.25, -0.2) is 5.43 Å². The molecule has 2 rings (SSSR count). The Morgan fingerprint density at radius 1 is 1.27 bits per heavy atom. The number of benzene rings is 2. The Labute approximate surface area is 164 Å². The minimum Gasteiger partial charge on any atom is -0.503 e. The number of aromatic hydroxyl groups is 1. The van der Waals surface area contributed by atoms with Crippen LogP contribution in [-0.4, -0.2) is 37.2 Å². The molecule has 0 saturated carbocycles. The number of nitrogens with zero attached hydrogens (tertiary/aromatic N) is 1. The van der Waals surface area contributed by atoms with Crippen molar-refractivity contribution in [1.29, 1.82) is 0 Å². The number of hydrogen-bond donors (Lipinski definition) is 2. The van der Waals surface area contributed by atoms with Crippen molar-refractivity contribution in [2.45, 2.75) is 5.75 Å². The molecule has 1 amide bonds. The maximum atomic E-state index is 11.8. The van der Waals surface area contributed by atoms with Crippen LogP contribution in [0, 0.1) is 0 Å². The first-order valence-corrected chi connectivity index (χ1v) is 9.57. The maximum absolute atomic E-state index is 11.8. The summed E-state index contributed by atoms with van der Waals surface area (Å²) in [5, 5.41) is 13.7. The van der Waals surface area contributed by atoms with Crippen molar-refractivity contribution in [3.63, 3.8) is 0 Å². The van der Waals surface area contributed by atoms with Crippen LogP contribution in [0.2, 0.25) is 0 Å². The molecule has 0 aliphatic carbocycles. The number of amides is 1. The summed E-state index contributed by atoms with van der Waals surface area (Å²) in [6.45, 7) is 0. The lowest BCUT2D eigenvalue weighted by molar-refractivity contribution is -0.118. The monoisotopic (exact) mass is 438 g/mol. The molecule has 6 nitrogen and oxygen atoms in total. The lowest BCUT2D eigenvalue weighted by atomic mass is 10.2. The van der Waals surface area contributed by atoms with Crippen LogP contribution < -0.4 is 14.9 Å². The molecule has 0 saturated heterocycles. The largest absolute Gasteiger partial charge is 0.503 e. The third-order valence-electron chi connectivity index (χ3n) is 3.33. The molecule has 0 aliphatic rings. The van der Waals surface area contributed by atoms with Crippen LogP contribution in [0.3, 0.4) is 0 Å². The van der Waals surface area contributed by atoms with Gasteiger partial charge in [0.2, 0.25) is 5.91 Å². The number of methoxy groups -OCH3 is 2. The average molecular weight is 439 g/mol. The Morgan fingerprint density at radius 2 is 2.00 bits per heavy atom. The van der Waals surface area contributed by atoms with Gasteiger partial charge in [0.25, 0.3) is 0 Å². The smallest absolute Gasteiger partial charge is 0.250 e. The van der Waals surface area contributed by atoms with E-state index in [9.17, 15) is 9.90 Å². The second kappa shape index (κ2) is 10.1. The van der Waals surface area contributed by atoms with Gasteiger partial charge >= 0.3 is 0 Å². The first-order valence-electron chi connectivity index (χ1n) is 7.62. The van der Waals surface area contributed by atoms with Gasteiger partial charge in [0.1, 0.15) is 5.75 Å². The van der Waals surface area contributed by atoms with Crippen molar-refractivity contribution in [2.75, 3.05) is 20.0 Å². The molecule has 2 aromatic rings. The molecule has 0 fully saturated rings. The predicted octanol–water partition coefficient (Wildman–Crippen LogP) is 3.56. The molecular formula is C18H19BrN2O4S. The fraction of sp³-hybridized carbons (Fsp3) is 0.222. The van der Waals surface area contributed by atoms with Crippen molar-refractivity contribution in [2.24, 2.45) is 5.10 Å². The van der Waals surface area contributed by atoms with Crippen molar-refractivity contribution >= 4 is 39.8 Å². The number of rotatable bonds is 8. The minimum absolute atomic E-state index is 0.0172. The number of hydrazone groups is 1. The Bertz CT molecular complexity index is 782. The van der Waals surface area contributed by atoms with Gasteiger partial charge in [-0.05, 0) is 51.3 Å². The summed E-state index contributed by atoms with van der Waals surface area (Å²) in [6, 6.07) is 11.0. The quantitative estimate of drug-likeness (QED) is 0.486. The molecule has 8 heteroatoms. The van der Waals surface area contributed by atoms with Gasteiger partial charge in [-0.15, -0.1) is 11.8 Å². The normalized spacial score (nSPS) is 10.7. The summed E-state index contributed by atoms with van der Waals surface area (Å²) in [6.07, 6.45) is 1.48. The highest BCUT2D eigenvalue weighted by atomic mass is 79.9. The standard InChI is InChI=1S/C18H19BrN2O4S/c1-24-14-5-3-12(4-6-14)10-26-11-17(22)21-20-9-13-7-15(19)18(23)16(8-13)25-2/h3-9,23H,10-11H2,1-2H3,(H,21,22). The molecule has 0 radical (unpaired) electrons. The van der Waals surface area contributed by atoms with E-state index in [1.54, 1.807) is 19.2 Å². The highest BCUT2D eigenvalue weighted by Gasteiger charge is 2.07. The first-order chi connectivity index (χ1) is 12.5. The average Bonchev–Trinajstić information content (AvgIpc) is 2.65. The van der Waals surface area contributed by atoms with Gasteiger partial charge in [0, 0.05) is 5.75 Å². The van der Waals surface area contributed by atoms with Gasteiger partial charge in [0.05, 0.1) is 30.7 Å². The Morgan fingerprint density at radius 3 is 2.65 bits per heavy atom. The SMILES string of the molecule is COc1ccc(CSCC(=O)NN=Cc2cc(Br)c(O)c(OC)c2)cc1. The van der Waals surface area contributed by atoms with Gasteiger partial charge in [-0.1, -0.05) is 12.1 Å². The van der Waals surface area contributed by atoms with Crippen LogP contribution in [0.1, 0.15) is 11.1 Å². The Balaban J connectivity index is 1.79. The predicted molar refractivity (Wildman–Crippen MR) is 107 cm³/mol. The Kier molecular flexibility index (Phi) is 7.80. The minimum atomic E-state index is -0.190. The molecule has 138 valence electrons. The third kappa shape index (κ3) is 5.96. The highest BCUT2D eigenvalue weighted by molar-refractivity contribution is 9.10. The number of ether oxygens (including phenoxy) is 2. The third-order valence-corrected chi connectivity index (χ3v) is 4.94. The fourth-order valence-corrected chi connectivity index (χ4v) is 3.26. The zero-order chi connectivity index (χ0) is 18.9. The molecule has 0 bridgehead atoms. The van der Waals surface area contributed by atoms with Crippen LogP contribution in [0.25, 0.3) is 0 Å². The van der Waals surface area contributed by atoms with Crippen molar-refractivity contribution in [3.8, 4) is 17.2 Å². The summed E-state index contributed by atoms with van der Waals surface area (Å²) in [7, 11) is 3.09. The van der Waals surface area contributed by atoms with E-state index in [0.717, 1.165) is 17.1 Å². The molecule has 0 atom stereocenters. The van der Waals surface area contributed by atoms with E-state index in [4.69, 9.17) is 9.47 Å². The molecule has 0 heterocycles. The van der Waals surface area contributed by atoms with E-state index in [0.29, 0.717) is 21.5 Å².